The minimum Gasteiger partial charge on any atom is -0.479 e. The maximum atomic E-state index is 12.7. The van der Waals surface area contributed by atoms with E-state index >= 15 is 0 Å². The first-order valence-electron chi connectivity index (χ1n) is 12.7. The van der Waals surface area contributed by atoms with E-state index in [-0.39, 0.29) is 18.0 Å². The molecule has 0 saturated heterocycles. The Hall–Kier alpha value is -4.27. The van der Waals surface area contributed by atoms with Crippen LogP contribution in [0.1, 0.15) is 56.6 Å². The van der Waals surface area contributed by atoms with Gasteiger partial charge in [0.25, 0.3) is 0 Å². The summed E-state index contributed by atoms with van der Waals surface area (Å²) < 4.78 is 49.3. The number of carbonyl (C=O) groups excluding carboxylic acids is 1. The number of hydrogen-bond donors (Lipinski definition) is 1. The van der Waals surface area contributed by atoms with Crippen molar-refractivity contribution < 1.29 is 37.3 Å². The molecule has 216 valence electrons. The molecule has 3 rings (SSSR count). The maximum Gasteiger partial charge on any atom is 0.573 e. The van der Waals surface area contributed by atoms with Gasteiger partial charge in [0.05, 0.1) is 5.52 Å². The molecular formula is C31H36F3NO5. The fourth-order valence-corrected chi connectivity index (χ4v) is 3.81. The smallest absolute Gasteiger partial charge is 0.479 e. The van der Waals surface area contributed by atoms with E-state index in [0.717, 1.165) is 12.5 Å². The molecule has 0 bridgehead atoms. The first-order chi connectivity index (χ1) is 18.9. The molecule has 40 heavy (non-hydrogen) atoms. The third-order valence-electron chi connectivity index (χ3n) is 5.34. The van der Waals surface area contributed by atoms with E-state index in [0.29, 0.717) is 27.8 Å². The number of ether oxygens (including phenoxy) is 2. The highest BCUT2D eigenvalue weighted by molar-refractivity contribution is 6.09. The summed E-state index contributed by atoms with van der Waals surface area (Å²) >= 11 is 0. The number of carboxylic acid groups (broad SMARTS) is 1. The number of aliphatic carboxylic acids is 1. The van der Waals surface area contributed by atoms with Crippen LogP contribution >= 0.6 is 0 Å². The summed E-state index contributed by atoms with van der Waals surface area (Å²) in [6, 6.07) is 10.2. The van der Waals surface area contributed by atoms with E-state index < -0.39 is 24.2 Å². The summed E-state index contributed by atoms with van der Waals surface area (Å²) in [7, 11) is 0. The van der Waals surface area contributed by atoms with Gasteiger partial charge in [-0.2, -0.15) is 0 Å². The molecule has 0 aliphatic heterocycles. The van der Waals surface area contributed by atoms with Crippen LogP contribution in [0.15, 0.2) is 79.9 Å². The number of halogens is 3. The van der Waals surface area contributed by atoms with Crippen molar-refractivity contribution in [3.8, 4) is 17.2 Å². The van der Waals surface area contributed by atoms with Crippen molar-refractivity contribution in [2.45, 2.75) is 59.9 Å². The van der Waals surface area contributed by atoms with Crippen LogP contribution in [0.25, 0.3) is 16.6 Å². The molecule has 9 heteroatoms. The van der Waals surface area contributed by atoms with Crippen LogP contribution in [0.2, 0.25) is 0 Å². The van der Waals surface area contributed by atoms with E-state index in [4.69, 9.17) is 4.74 Å². The lowest BCUT2D eigenvalue weighted by Gasteiger charge is -2.15. The fraction of sp³-hybridized carbons (Fsp3) is 0.290. The number of nitrogens with zero attached hydrogens (tertiary/aromatic N) is 1. The Balaban J connectivity index is 0.000000775. The summed E-state index contributed by atoms with van der Waals surface area (Å²) in [5.41, 5.74) is 1.73. The molecule has 1 aromatic heterocycles. The van der Waals surface area contributed by atoms with Crippen molar-refractivity contribution >= 4 is 22.7 Å². The number of benzene rings is 2. The lowest BCUT2D eigenvalue weighted by Crippen LogP contribution is -2.25. The number of carboxylic acids is 1. The van der Waals surface area contributed by atoms with Crippen LogP contribution in [-0.2, 0) is 4.79 Å². The Kier molecular flexibility index (Phi) is 13.5. The lowest BCUT2D eigenvalue weighted by atomic mass is 10.1. The highest BCUT2D eigenvalue weighted by Crippen LogP contribution is 2.34. The minimum absolute atomic E-state index is 0.241. The first-order valence-corrected chi connectivity index (χ1v) is 12.7. The molecule has 0 spiro atoms. The number of ketones is 1. The Morgan fingerprint density at radius 2 is 1.77 bits per heavy atom. The van der Waals surface area contributed by atoms with Gasteiger partial charge in [0.15, 0.2) is 11.9 Å². The molecule has 3 aromatic rings. The topological polar surface area (TPSA) is 77.8 Å². The van der Waals surface area contributed by atoms with Crippen molar-refractivity contribution in [2.24, 2.45) is 0 Å². The van der Waals surface area contributed by atoms with Crippen LogP contribution in [0.5, 0.6) is 11.5 Å². The Bertz CT molecular complexity index is 1340. The molecule has 1 heterocycles. The predicted octanol–water partition coefficient (Wildman–Crippen LogP) is 8.61. The molecule has 0 aliphatic rings. The standard InChI is InChI=1S/C22H20F3NO5.C7H10.C2H6/c1-4-19(21(28)29)30-15-7-5-6-14(10-15)26-12(2)20(13(3)27)17-9-8-16(11-18(17)26)31-22(23,24)25;1-3-5-7-6-4-2;1-2/h5-11,19H,4H2,1-3H3,(H,28,29);3-5,7H,1-2,6H2;1-2H3/t19-;;/m1../s1. The highest BCUT2D eigenvalue weighted by Gasteiger charge is 2.31. The molecule has 1 N–H and O–H groups in total. The Labute approximate surface area is 233 Å². The number of hydrogen-bond acceptors (Lipinski definition) is 4. The van der Waals surface area contributed by atoms with E-state index in [9.17, 15) is 27.9 Å². The quantitative estimate of drug-likeness (QED) is 0.153. The molecular weight excluding hydrogens is 523 g/mol. The van der Waals surface area contributed by atoms with Gasteiger partial charge in [-0.05, 0) is 51.0 Å². The zero-order valence-electron chi connectivity index (χ0n) is 23.4. The monoisotopic (exact) mass is 559 g/mol. The Morgan fingerprint density at radius 1 is 1.10 bits per heavy atom. The van der Waals surface area contributed by atoms with Crippen LogP contribution in [0.4, 0.5) is 13.2 Å². The molecule has 0 unspecified atom stereocenters. The van der Waals surface area contributed by atoms with Gasteiger partial charge >= 0.3 is 12.3 Å². The number of Topliss-reactive ketones (excluding diaryl/α,β-unsaturated/α-hetero) is 1. The summed E-state index contributed by atoms with van der Waals surface area (Å²) in [5.74, 6) is -1.49. The number of fused-ring (bicyclic) bond motifs is 1. The zero-order chi connectivity index (χ0) is 30.5. The largest absolute Gasteiger partial charge is 0.573 e. The molecule has 0 fully saturated rings. The second kappa shape index (κ2) is 16.0. The average Bonchev–Trinajstić information content (AvgIpc) is 3.19. The van der Waals surface area contributed by atoms with Gasteiger partial charge < -0.3 is 19.1 Å². The first kappa shape index (κ1) is 33.8. The summed E-state index contributed by atoms with van der Waals surface area (Å²) in [6.07, 6.45) is 2.79. The summed E-state index contributed by atoms with van der Waals surface area (Å²) in [6.45, 7) is 15.8. The summed E-state index contributed by atoms with van der Waals surface area (Å²) in [5, 5.41) is 9.70. The van der Waals surface area contributed by atoms with E-state index in [1.807, 2.05) is 32.1 Å². The number of alkyl halides is 3. The van der Waals surface area contributed by atoms with Gasteiger partial charge in [-0.15, -0.1) is 19.8 Å². The molecule has 0 radical (unpaired) electrons. The molecule has 0 aliphatic carbocycles. The second-order valence-electron chi connectivity index (χ2n) is 8.12. The fourth-order valence-electron chi connectivity index (χ4n) is 3.81. The van der Waals surface area contributed by atoms with Gasteiger partial charge in [0.2, 0.25) is 0 Å². The molecule has 0 amide bonds. The van der Waals surface area contributed by atoms with Crippen molar-refractivity contribution in [3.05, 3.63) is 91.2 Å². The van der Waals surface area contributed by atoms with Crippen LogP contribution in [0.3, 0.4) is 0 Å². The van der Waals surface area contributed by atoms with E-state index in [1.165, 1.54) is 19.1 Å². The number of aromatic nitrogens is 1. The summed E-state index contributed by atoms with van der Waals surface area (Å²) in [4.78, 5) is 23.5. The van der Waals surface area contributed by atoms with Crippen molar-refractivity contribution in [3.63, 3.8) is 0 Å². The molecule has 6 nitrogen and oxygen atoms in total. The van der Waals surface area contributed by atoms with Crippen LogP contribution in [0, 0.1) is 6.92 Å². The van der Waals surface area contributed by atoms with Crippen molar-refractivity contribution in [2.75, 3.05) is 0 Å². The van der Waals surface area contributed by atoms with Crippen LogP contribution in [-0.4, -0.2) is 33.9 Å². The number of carbonyl (C=O) groups is 2. The SMILES string of the molecule is C=CC=CCC=C.CC.CC[C@@H](Oc1cccc(-n2c(C)c(C(C)=O)c3ccc(OC(F)(F)F)cc32)c1)C(=O)O. The van der Waals surface area contributed by atoms with Gasteiger partial charge in [-0.1, -0.05) is 57.7 Å². The lowest BCUT2D eigenvalue weighted by molar-refractivity contribution is -0.274. The maximum absolute atomic E-state index is 12.7. The number of allylic oxidation sites excluding steroid dienone is 4. The normalized spacial score (nSPS) is 11.5. The third kappa shape index (κ3) is 9.48. The van der Waals surface area contributed by atoms with Crippen molar-refractivity contribution in [1.29, 1.82) is 0 Å². The molecule has 1 atom stereocenters. The van der Waals surface area contributed by atoms with Gasteiger partial charge in [0.1, 0.15) is 11.5 Å². The average molecular weight is 560 g/mol. The van der Waals surface area contributed by atoms with Gasteiger partial charge in [-0.3, -0.25) is 4.79 Å². The predicted molar refractivity (Wildman–Crippen MR) is 153 cm³/mol. The van der Waals surface area contributed by atoms with Gasteiger partial charge in [0, 0.05) is 34.5 Å². The van der Waals surface area contributed by atoms with Crippen LogP contribution < -0.4 is 9.47 Å². The zero-order valence-corrected chi connectivity index (χ0v) is 23.4. The van der Waals surface area contributed by atoms with E-state index in [1.54, 1.807) is 48.8 Å². The third-order valence-corrected chi connectivity index (χ3v) is 5.34. The van der Waals surface area contributed by atoms with Gasteiger partial charge in [-0.25, -0.2) is 4.79 Å². The number of rotatable bonds is 10. The highest BCUT2D eigenvalue weighted by atomic mass is 19.4. The van der Waals surface area contributed by atoms with E-state index in [2.05, 4.69) is 17.9 Å². The Morgan fingerprint density at radius 3 is 2.30 bits per heavy atom. The molecule has 0 saturated carbocycles. The second-order valence-corrected chi connectivity index (χ2v) is 8.12. The molecule has 2 aromatic carbocycles. The van der Waals surface area contributed by atoms with Crippen molar-refractivity contribution in [1.82, 2.24) is 4.57 Å². The minimum atomic E-state index is -4.86.